The largest absolute Gasteiger partial charge is 0.449 e. The Bertz CT molecular complexity index is 1090. The summed E-state index contributed by atoms with van der Waals surface area (Å²) < 4.78 is 5.11. The van der Waals surface area contributed by atoms with Crippen molar-refractivity contribution in [2.75, 3.05) is 5.32 Å². The van der Waals surface area contributed by atoms with E-state index < -0.39 is 22.9 Å². The first-order valence-electron chi connectivity index (χ1n) is 8.72. The lowest BCUT2D eigenvalue weighted by atomic mass is 10.1. The van der Waals surface area contributed by atoms with Crippen molar-refractivity contribution in [2.45, 2.75) is 13.0 Å². The Labute approximate surface area is 166 Å². The number of benzene rings is 2. The van der Waals surface area contributed by atoms with E-state index in [1.54, 1.807) is 12.3 Å². The Hall–Kier alpha value is -4.07. The summed E-state index contributed by atoms with van der Waals surface area (Å²) in [6.07, 6.45) is 3.44. The van der Waals surface area contributed by atoms with Crippen LogP contribution in [0.25, 0.3) is 17.0 Å². The maximum atomic E-state index is 12.2. The summed E-state index contributed by atoms with van der Waals surface area (Å²) in [5.74, 6) is -1.23. The van der Waals surface area contributed by atoms with E-state index in [9.17, 15) is 19.7 Å². The zero-order valence-electron chi connectivity index (χ0n) is 15.4. The van der Waals surface area contributed by atoms with Crippen molar-refractivity contribution in [3.63, 3.8) is 0 Å². The number of hydrogen-bond donors (Lipinski definition) is 1. The maximum absolute atomic E-state index is 12.2. The number of nitro benzene ring substituents is 1. The van der Waals surface area contributed by atoms with E-state index in [-0.39, 0.29) is 5.69 Å². The lowest BCUT2D eigenvalue weighted by Crippen LogP contribution is -2.29. The molecule has 0 aliphatic heterocycles. The highest BCUT2D eigenvalue weighted by Crippen LogP contribution is 2.18. The predicted molar refractivity (Wildman–Crippen MR) is 108 cm³/mol. The smallest absolute Gasteiger partial charge is 0.331 e. The van der Waals surface area contributed by atoms with Gasteiger partial charge < -0.3 is 10.1 Å². The van der Waals surface area contributed by atoms with E-state index in [2.05, 4.69) is 10.3 Å². The second-order valence-corrected chi connectivity index (χ2v) is 6.13. The van der Waals surface area contributed by atoms with Crippen LogP contribution in [0.2, 0.25) is 0 Å². The molecule has 146 valence electrons. The minimum atomic E-state index is -1.05. The van der Waals surface area contributed by atoms with Crippen LogP contribution >= 0.6 is 0 Å². The van der Waals surface area contributed by atoms with Crippen molar-refractivity contribution < 1.29 is 19.2 Å². The predicted octanol–water partition coefficient (Wildman–Crippen LogP) is 3.73. The van der Waals surface area contributed by atoms with Crippen LogP contribution in [0.1, 0.15) is 12.5 Å². The number of amides is 1. The first-order valence-corrected chi connectivity index (χ1v) is 8.72. The van der Waals surface area contributed by atoms with E-state index in [0.717, 1.165) is 16.5 Å². The summed E-state index contributed by atoms with van der Waals surface area (Å²) in [5, 5.41) is 14.1. The molecule has 1 unspecified atom stereocenters. The number of para-hydroxylation sites is 1. The number of aromatic nitrogens is 1. The SMILES string of the molecule is CC(OC(=O)/C=C/c1cccc2cccnc12)C(=O)Nc1ccc([N+](=O)[O-])cc1. The first kappa shape index (κ1) is 19.7. The van der Waals surface area contributed by atoms with Gasteiger partial charge in [0.15, 0.2) is 6.10 Å². The fourth-order valence-corrected chi connectivity index (χ4v) is 2.60. The number of nitro groups is 1. The van der Waals surface area contributed by atoms with Crippen molar-refractivity contribution in [3.8, 4) is 0 Å². The van der Waals surface area contributed by atoms with Gasteiger partial charge in [-0.25, -0.2) is 4.79 Å². The van der Waals surface area contributed by atoms with E-state index in [0.29, 0.717) is 5.69 Å². The van der Waals surface area contributed by atoms with Crippen LogP contribution in [0, 0.1) is 10.1 Å². The van der Waals surface area contributed by atoms with Crippen LogP contribution in [0.15, 0.2) is 66.9 Å². The van der Waals surface area contributed by atoms with E-state index >= 15 is 0 Å². The normalized spacial score (nSPS) is 11.9. The molecular formula is C21H17N3O5. The fraction of sp³-hybridized carbons (Fsp3) is 0.0952. The van der Waals surface area contributed by atoms with Gasteiger partial charge in [0.2, 0.25) is 0 Å². The van der Waals surface area contributed by atoms with Crippen LogP contribution in [0.5, 0.6) is 0 Å². The molecule has 0 aliphatic rings. The second kappa shape index (κ2) is 8.75. The number of anilines is 1. The molecule has 8 heteroatoms. The minimum Gasteiger partial charge on any atom is -0.449 e. The minimum absolute atomic E-state index is 0.0875. The molecule has 2 aromatic carbocycles. The van der Waals surface area contributed by atoms with Gasteiger partial charge in [0.05, 0.1) is 10.4 Å². The van der Waals surface area contributed by atoms with E-state index in [1.165, 1.54) is 37.3 Å². The van der Waals surface area contributed by atoms with Crippen molar-refractivity contribution in [1.29, 1.82) is 0 Å². The molecule has 1 heterocycles. The number of hydrogen-bond acceptors (Lipinski definition) is 6. The van der Waals surface area contributed by atoms with Crippen LogP contribution in [0.3, 0.4) is 0 Å². The lowest BCUT2D eigenvalue weighted by Gasteiger charge is -2.12. The number of fused-ring (bicyclic) bond motifs is 1. The van der Waals surface area contributed by atoms with Gasteiger partial charge >= 0.3 is 5.97 Å². The molecule has 8 nitrogen and oxygen atoms in total. The van der Waals surface area contributed by atoms with Crippen LogP contribution in [-0.2, 0) is 14.3 Å². The van der Waals surface area contributed by atoms with Crippen molar-refractivity contribution in [1.82, 2.24) is 4.98 Å². The third-order valence-electron chi connectivity index (χ3n) is 4.07. The van der Waals surface area contributed by atoms with Crippen LogP contribution in [-0.4, -0.2) is 27.9 Å². The monoisotopic (exact) mass is 391 g/mol. The molecular weight excluding hydrogens is 374 g/mol. The van der Waals surface area contributed by atoms with Gasteiger partial charge in [-0.05, 0) is 31.2 Å². The molecule has 29 heavy (non-hydrogen) atoms. The summed E-state index contributed by atoms with van der Waals surface area (Å²) in [5.41, 5.74) is 1.78. The van der Waals surface area contributed by atoms with E-state index in [4.69, 9.17) is 4.74 Å². The molecule has 0 saturated heterocycles. The molecule has 0 spiro atoms. The molecule has 1 aromatic heterocycles. The molecule has 1 N–H and O–H groups in total. The third-order valence-corrected chi connectivity index (χ3v) is 4.07. The summed E-state index contributed by atoms with van der Waals surface area (Å²) in [6.45, 7) is 1.44. The molecule has 0 aliphatic carbocycles. The van der Waals surface area contributed by atoms with Crippen LogP contribution < -0.4 is 5.32 Å². The van der Waals surface area contributed by atoms with Gasteiger partial charge in [-0.1, -0.05) is 24.3 Å². The third kappa shape index (κ3) is 5.01. The second-order valence-electron chi connectivity index (χ2n) is 6.13. The van der Waals surface area contributed by atoms with Gasteiger partial charge in [-0.15, -0.1) is 0 Å². The van der Waals surface area contributed by atoms with Crippen LogP contribution in [0.4, 0.5) is 11.4 Å². The number of nitrogens with zero attached hydrogens (tertiary/aromatic N) is 2. The lowest BCUT2D eigenvalue weighted by molar-refractivity contribution is -0.384. The fourth-order valence-electron chi connectivity index (χ4n) is 2.60. The Morgan fingerprint density at radius 2 is 1.86 bits per heavy atom. The zero-order chi connectivity index (χ0) is 20.8. The summed E-state index contributed by atoms with van der Waals surface area (Å²) >= 11 is 0. The number of rotatable bonds is 6. The highest BCUT2D eigenvalue weighted by Gasteiger charge is 2.17. The topological polar surface area (TPSA) is 111 Å². The van der Waals surface area contributed by atoms with Crippen molar-refractivity contribution in [2.24, 2.45) is 0 Å². The number of non-ortho nitro benzene ring substituents is 1. The first-order chi connectivity index (χ1) is 13.9. The maximum Gasteiger partial charge on any atom is 0.331 e. The van der Waals surface area contributed by atoms with Gasteiger partial charge in [-0.3, -0.25) is 19.9 Å². The van der Waals surface area contributed by atoms with E-state index in [1.807, 2.05) is 30.3 Å². The molecule has 0 radical (unpaired) electrons. The molecule has 1 atom stereocenters. The Balaban J connectivity index is 1.60. The van der Waals surface area contributed by atoms with Crippen molar-refractivity contribution >= 4 is 40.2 Å². The molecule has 0 fully saturated rings. The molecule has 0 bridgehead atoms. The molecule has 0 saturated carbocycles. The number of ether oxygens (including phenoxy) is 1. The summed E-state index contributed by atoms with van der Waals surface area (Å²) in [4.78, 5) is 38.6. The Morgan fingerprint density at radius 1 is 1.14 bits per heavy atom. The molecule has 3 aromatic rings. The molecule has 1 amide bonds. The Morgan fingerprint density at radius 3 is 2.59 bits per heavy atom. The number of nitrogens with one attached hydrogen (secondary N) is 1. The molecule has 3 rings (SSSR count). The summed E-state index contributed by atoms with van der Waals surface area (Å²) in [6, 6.07) is 14.7. The van der Waals surface area contributed by atoms with Gasteiger partial charge in [0.1, 0.15) is 0 Å². The zero-order valence-corrected chi connectivity index (χ0v) is 15.4. The number of carbonyl (C=O) groups excluding carboxylic acids is 2. The average Bonchev–Trinajstić information content (AvgIpc) is 2.72. The highest BCUT2D eigenvalue weighted by atomic mass is 16.6. The highest BCUT2D eigenvalue weighted by molar-refractivity contribution is 5.97. The quantitative estimate of drug-likeness (QED) is 0.297. The number of carbonyl (C=O) groups is 2. The van der Waals surface area contributed by atoms with Gasteiger partial charge in [0.25, 0.3) is 11.6 Å². The average molecular weight is 391 g/mol. The number of pyridine rings is 1. The standard InChI is InChI=1S/C21H17N3O5/c1-14(21(26)23-17-8-10-18(11-9-17)24(27)28)29-19(25)12-7-16-5-2-4-15-6-3-13-22-20(15)16/h2-14H,1H3,(H,23,26)/b12-7+. The van der Waals surface area contributed by atoms with Crippen molar-refractivity contribution in [3.05, 3.63) is 82.5 Å². The van der Waals surface area contributed by atoms with Gasteiger partial charge in [0, 0.05) is 41.0 Å². The van der Waals surface area contributed by atoms with Gasteiger partial charge in [-0.2, -0.15) is 0 Å². The number of esters is 1. The Kier molecular flexibility index (Phi) is 5.94. The summed E-state index contributed by atoms with van der Waals surface area (Å²) in [7, 11) is 0.